The summed E-state index contributed by atoms with van der Waals surface area (Å²) in [6.45, 7) is 3.94. The summed E-state index contributed by atoms with van der Waals surface area (Å²) in [5.41, 5.74) is 0. The van der Waals surface area contributed by atoms with Gasteiger partial charge in [-0.3, -0.25) is 9.69 Å². The maximum absolute atomic E-state index is 11.6. The van der Waals surface area contributed by atoms with E-state index in [9.17, 15) is 4.79 Å². The van der Waals surface area contributed by atoms with E-state index < -0.39 is 0 Å². The summed E-state index contributed by atoms with van der Waals surface area (Å²) < 4.78 is 0. The topological polar surface area (TPSA) is 32.3 Å². The number of rotatable bonds is 3. The Bertz CT molecular complexity index is 170. The Morgan fingerprint density at radius 1 is 1.54 bits per heavy atom. The third kappa shape index (κ3) is 2.99. The third-order valence-corrected chi connectivity index (χ3v) is 2.62. The molecule has 0 aromatic heterocycles. The van der Waals surface area contributed by atoms with Crippen LogP contribution in [0.15, 0.2) is 0 Å². The van der Waals surface area contributed by atoms with E-state index in [0.717, 1.165) is 25.9 Å². The first-order chi connectivity index (χ1) is 6.25. The summed E-state index contributed by atoms with van der Waals surface area (Å²) in [6, 6.07) is 0.125. The van der Waals surface area contributed by atoms with Gasteiger partial charge in [0.15, 0.2) is 0 Å². The van der Waals surface area contributed by atoms with Crippen LogP contribution < -0.4 is 5.32 Å². The normalized spacial score (nSPS) is 24.3. The van der Waals surface area contributed by atoms with Crippen molar-refractivity contribution >= 4 is 5.91 Å². The van der Waals surface area contributed by atoms with Crippen LogP contribution in [0.1, 0.15) is 32.6 Å². The van der Waals surface area contributed by atoms with Gasteiger partial charge < -0.3 is 5.32 Å². The van der Waals surface area contributed by atoms with Gasteiger partial charge in [0.05, 0.1) is 6.04 Å². The number of piperidine rings is 1. The molecule has 0 spiro atoms. The lowest BCUT2D eigenvalue weighted by Gasteiger charge is -2.31. The SMILES string of the molecule is CCCNC(=O)[C@@H]1CCCCN1C. The van der Waals surface area contributed by atoms with Crippen LogP contribution in [-0.4, -0.2) is 37.0 Å². The van der Waals surface area contributed by atoms with Crippen LogP contribution in [0, 0.1) is 0 Å². The number of likely N-dealkylation sites (tertiary alicyclic amines) is 1. The number of amides is 1. The van der Waals surface area contributed by atoms with Gasteiger partial charge in [-0.25, -0.2) is 0 Å². The molecule has 1 heterocycles. The minimum atomic E-state index is 0.125. The molecular formula is C10H20N2O. The zero-order chi connectivity index (χ0) is 9.68. The van der Waals surface area contributed by atoms with Crippen molar-refractivity contribution in [3.8, 4) is 0 Å². The fourth-order valence-corrected chi connectivity index (χ4v) is 1.77. The van der Waals surface area contributed by atoms with Crippen molar-refractivity contribution in [1.29, 1.82) is 0 Å². The van der Waals surface area contributed by atoms with Gasteiger partial charge in [0, 0.05) is 6.54 Å². The Morgan fingerprint density at radius 3 is 2.92 bits per heavy atom. The van der Waals surface area contributed by atoms with Crippen molar-refractivity contribution in [3.63, 3.8) is 0 Å². The van der Waals surface area contributed by atoms with Crippen LogP contribution in [0.4, 0.5) is 0 Å². The van der Waals surface area contributed by atoms with Crippen molar-refractivity contribution in [2.75, 3.05) is 20.1 Å². The molecule has 3 nitrogen and oxygen atoms in total. The van der Waals surface area contributed by atoms with Crippen LogP contribution >= 0.6 is 0 Å². The molecule has 0 aromatic carbocycles. The molecule has 1 fully saturated rings. The highest BCUT2D eigenvalue weighted by Gasteiger charge is 2.24. The van der Waals surface area contributed by atoms with Crippen LogP contribution in [-0.2, 0) is 4.79 Å². The molecule has 0 saturated carbocycles. The third-order valence-electron chi connectivity index (χ3n) is 2.62. The average Bonchev–Trinajstić information content (AvgIpc) is 2.15. The fourth-order valence-electron chi connectivity index (χ4n) is 1.77. The predicted molar refractivity (Wildman–Crippen MR) is 53.6 cm³/mol. The smallest absolute Gasteiger partial charge is 0.237 e. The molecule has 13 heavy (non-hydrogen) atoms. The number of nitrogens with one attached hydrogen (secondary N) is 1. The van der Waals surface area contributed by atoms with Gasteiger partial charge in [0.1, 0.15) is 0 Å². The molecule has 3 heteroatoms. The van der Waals surface area contributed by atoms with E-state index in [2.05, 4.69) is 17.1 Å². The standard InChI is InChI=1S/C10H20N2O/c1-3-7-11-10(13)9-6-4-5-8-12(9)2/h9H,3-8H2,1-2H3,(H,11,13)/t9-/m0/s1. The first kappa shape index (κ1) is 10.5. The van der Waals surface area contributed by atoms with Crippen molar-refractivity contribution in [3.05, 3.63) is 0 Å². The number of carbonyl (C=O) groups is 1. The van der Waals surface area contributed by atoms with Crippen LogP contribution in [0.5, 0.6) is 0 Å². The minimum absolute atomic E-state index is 0.125. The van der Waals surface area contributed by atoms with Gasteiger partial charge in [-0.15, -0.1) is 0 Å². The van der Waals surface area contributed by atoms with Crippen molar-refractivity contribution in [2.24, 2.45) is 0 Å². The molecule has 1 N–H and O–H groups in total. The Hall–Kier alpha value is -0.570. The van der Waals surface area contributed by atoms with Gasteiger partial charge >= 0.3 is 0 Å². The van der Waals surface area contributed by atoms with E-state index >= 15 is 0 Å². The predicted octanol–water partition coefficient (Wildman–Crippen LogP) is 0.997. The summed E-state index contributed by atoms with van der Waals surface area (Å²) in [4.78, 5) is 13.8. The average molecular weight is 184 g/mol. The Morgan fingerprint density at radius 2 is 2.31 bits per heavy atom. The molecule has 0 aromatic rings. The van der Waals surface area contributed by atoms with Crippen LogP contribution in [0.2, 0.25) is 0 Å². The highest BCUT2D eigenvalue weighted by molar-refractivity contribution is 5.81. The van der Waals surface area contributed by atoms with E-state index in [1.54, 1.807) is 0 Å². The Kier molecular flexibility index (Phi) is 4.22. The number of likely N-dealkylation sites (N-methyl/N-ethyl adjacent to an activating group) is 1. The first-order valence-corrected chi connectivity index (χ1v) is 5.23. The number of hydrogen-bond donors (Lipinski definition) is 1. The molecular weight excluding hydrogens is 164 g/mol. The molecule has 0 bridgehead atoms. The molecule has 1 aliphatic heterocycles. The Balaban J connectivity index is 2.35. The molecule has 1 aliphatic rings. The largest absolute Gasteiger partial charge is 0.355 e. The highest BCUT2D eigenvalue weighted by atomic mass is 16.2. The first-order valence-electron chi connectivity index (χ1n) is 5.23. The lowest BCUT2D eigenvalue weighted by Crippen LogP contribution is -2.47. The van der Waals surface area contributed by atoms with E-state index in [-0.39, 0.29) is 11.9 Å². The van der Waals surface area contributed by atoms with Crippen molar-refractivity contribution < 1.29 is 4.79 Å². The minimum Gasteiger partial charge on any atom is -0.355 e. The van der Waals surface area contributed by atoms with Crippen molar-refractivity contribution in [1.82, 2.24) is 10.2 Å². The number of hydrogen-bond acceptors (Lipinski definition) is 2. The van der Waals surface area contributed by atoms with Crippen LogP contribution in [0.3, 0.4) is 0 Å². The zero-order valence-electron chi connectivity index (χ0n) is 8.68. The van der Waals surface area contributed by atoms with Gasteiger partial charge in [-0.1, -0.05) is 13.3 Å². The maximum Gasteiger partial charge on any atom is 0.237 e. The second kappa shape index (κ2) is 5.22. The number of carbonyl (C=O) groups excluding carboxylic acids is 1. The van der Waals surface area contributed by atoms with Gasteiger partial charge in [-0.05, 0) is 32.9 Å². The summed E-state index contributed by atoms with van der Waals surface area (Å²) in [7, 11) is 2.04. The second-order valence-corrected chi connectivity index (χ2v) is 3.78. The molecule has 1 atom stereocenters. The van der Waals surface area contributed by atoms with E-state index in [1.165, 1.54) is 12.8 Å². The molecule has 76 valence electrons. The lowest BCUT2D eigenvalue weighted by atomic mass is 10.0. The van der Waals surface area contributed by atoms with E-state index in [0.29, 0.717) is 0 Å². The quantitative estimate of drug-likeness (QED) is 0.709. The molecule has 0 unspecified atom stereocenters. The monoisotopic (exact) mass is 184 g/mol. The van der Waals surface area contributed by atoms with E-state index in [4.69, 9.17) is 0 Å². The molecule has 0 radical (unpaired) electrons. The summed E-state index contributed by atoms with van der Waals surface area (Å²) in [5, 5.41) is 2.95. The molecule has 1 rings (SSSR count). The maximum atomic E-state index is 11.6. The lowest BCUT2D eigenvalue weighted by molar-refractivity contribution is -0.126. The summed E-state index contributed by atoms with van der Waals surface area (Å²) >= 11 is 0. The zero-order valence-corrected chi connectivity index (χ0v) is 8.68. The fraction of sp³-hybridized carbons (Fsp3) is 0.900. The molecule has 1 saturated heterocycles. The molecule has 1 amide bonds. The van der Waals surface area contributed by atoms with Gasteiger partial charge in [0.2, 0.25) is 5.91 Å². The van der Waals surface area contributed by atoms with E-state index in [1.807, 2.05) is 7.05 Å². The Labute approximate surface area is 80.5 Å². The molecule has 0 aliphatic carbocycles. The van der Waals surface area contributed by atoms with Crippen molar-refractivity contribution in [2.45, 2.75) is 38.6 Å². The van der Waals surface area contributed by atoms with Gasteiger partial charge in [0.25, 0.3) is 0 Å². The summed E-state index contributed by atoms with van der Waals surface area (Å²) in [6.07, 6.45) is 4.46. The highest BCUT2D eigenvalue weighted by Crippen LogP contribution is 2.14. The number of nitrogens with zero attached hydrogens (tertiary/aromatic N) is 1. The second-order valence-electron chi connectivity index (χ2n) is 3.78. The summed E-state index contributed by atoms with van der Waals surface area (Å²) in [5.74, 6) is 0.212. The van der Waals surface area contributed by atoms with Crippen LogP contribution in [0.25, 0.3) is 0 Å². The van der Waals surface area contributed by atoms with Gasteiger partial charge in [-0.2, -0.15) is 0 Å².